The molecule has 0 bridgehead atoms. The highest BCUT2D eigenvalue weighted by Gasteiger charge is 2.20. The second-order valence-electron chi connectivity index (χ2n) is 9.52. The number of hydrogen-bond acceptors (Lipinski definition) is 5. The summed E-state index contributed by atoms with van der Waals surface area (Å²) in [6.45, 7) is 5.76. The molecule has 1 atom stereocenters. The average molecular weight is 500 g/mol. The number of ether oxygens (including phenoxy) is 1. The smallest absolute Gasteiger partial charge is 0.255 e. The number of para-hydroxylation sites is 1. The zero-order valence-electron chi connectivity index (χ0n) is 22.0. The second-order valence-corrected chi connectivity index (χ2v) is 9.52. The van der Waals surface area contributed by atoms with Gasteiger partial charge in [-0.3, -0.25) is 9.59 Å². The molecule has 0 radical (unpaired) electrons. The van der Waals surface area contributed by atoms with Crippen LogP contribution >= 0.6 is 0 Å². The van der Waals surface area contributed by atoms with Crippen molar-refractivity contribution in [2.45, 2.75) is 32.9 Å². The number of hydrogen-bond donors (Lipinski definition) is 3. The molecule has 2 heterocycles. The van der Waals surface area contributed by atoms with Gasteiger partial charge < -0.3 is 25.3 Å². The minimum absolute atomic E-state index is 0.155. The van der Waals surface area contributed by atoms with Crippen LogP contribution in [-0.4, -0.2) is 60.0 Å². The van der Waals surface area contributed by atoms with E-state index in [0.717, 1.165) is 39.0 Å². The summed E-state index contributed by atoms with van der Waals surface area (Å²) in [4.78, 5) is 35.2. The number of nitrogens with zero attached hydrogens (tertiary/aromatic N) is 2. The van der Waals surface area contributed by atoms with Crippen LogP contribution in [0.4, 0.5) is 5.69 Å². The summed E-state index contributed by atoms with van der Waals surface area (Å²) in [6.07, 6.45) is 3.70. The van der Waals surface area contributed by atoms with Gasteiger partial charge in [0.1, 0.15) is 11.4 Å². The van der Waals surface area contributed by atoms with Crippen molar-refractivity contribution in [3.63, 3.8) is 0 Å². The van der Waals surface area contributed by atoms with Crippen LogP contribution in [-0.2, 0) is 4.79 Å². The van der Waals surface area contributed by atoms with Gasteiger partial charge in [0.05, 0.1) is 24.4 Å². The van der Waals surface area contributed by atoms with Crippen LogP contribution in [0.5, 0.6) is 5.75 Å². The number of carbonyl (C=O) groups excluding carboxylic acids is 2. The summed E-state index contributed by atoms with van der Waals surface area (Å²) in [6, 6.07) is 15.1. The highest BCUT2D eigenvalue weighted by Crippen LogP contribution is 2.36. The number of amides is 2. The number of H-pyrrole nitrogens is 1. The summed E-state index contributed by atoms with van der Waals surface area (Å²) < 4.78 is 5.56. The summed E-state index contributed by atoms with van der Waals surface area (Å²) in [7, 11) is 5.04. The number of pyridine rings is 1. The average Bonchev–Trinajstić information content (AvgIpc) is 3.31. The molecule has 8 nitrogen and oxygen atoms in total. The van der Waals surface area contributed by atoms with Gasteiger partial charge in [-0.15, -0.1) is 0 Å². The zero-order valence-corrected chi connectivity index (χ0v) is 22.0. The molecule has 192 valence electrons. The van der Waals surface area contributed by atoms with Gasteiger partial charge in [0.25, 0.3) is 5.91 Å². The molecule has 0 saturated carbocycles. The minimum Gasteiger partial charge on any atom is -0.496 e. The maximum Gasteiger partial charge on any atom is 0.255 e. The molecule has 0 spiro atoms. The van der Waals surface area contributed by atoms with Crippen molar-refractivity contribution in [2.75, 3.05) is 26.5 Å². The van der Waals surface area contributed by atoms with E-state index in [2.05, 4.69) is 20.6 Å². The van der Waals surface area contributed by atoms with Gasteiger partial charge in [-0.1, -0.05) is 38.1 Å². The molecule has 0 aliphatic heterocycles. The third-order valence-corrected chi connectivity index (χ3v) is 6.15. The number of methoxy groups -OCH3 is 1. The molecule has 1 unspecified atom stereocenters. The first kappa shape index (κ1) is 25.9. The molecule has 0 aliphatic rings. The van der Waals surface area contributed by atoms with Crippen LogP contribution in [0.15, 0.2) is 60.9 Å². The molecule has 2 aromatic heterocycles. The van der Waals surface area contributed by atoms with E-state index in [1.165, 1.54) is 4.90 Å². The van der Waals surface area contributed by atoms with Crippen LogP contribution < -0.4 is 15.4 Å². The molecule has 8 heteroatoms. The Labute approximate surface area is 217 Å². The molecular formula is C29H33N5O3. The quantitative estimate of drug-likeness (QED) is 0.319. The molecule has 4 aromatic rings. The Hall–Kier alpha value is -4.17. The Morgan fingerprint density at radius 3 is 2.46 bits per heavy atom. The monoisotopic (exact) mass is 499 g/mol. The number of aromatic nitrogens is 2. The van der Waals surface area contributed by atoms with E-state index < -0.39 is 6.04 Å². The van der Waals surface area contributed by atoms with Crippen molar-refractivity contribution in [3.05, 3.63) is 66.5 Å². The van der Waals surface area contributed by atoms with E-state index in [1.54, 1.807) is 46.5 Å². The number of aromatic amines is 1. The van der Waals surface area contributed by atoms with Gasteiger partial charge in [-0.05, 0) is 36.8 Å². The third-order valence-electron chi connectivity index (χ3n) is 6.15. The van der Waals surface area contributed by atoms with Gasteiger partial charge in [0.2, 0.25) is 5.91 Å². The standard InChI is InChI=1S/C29H33N5O3/c1-17(2)32-18(3)28(35)33-25-12-11-19(13-23(25)29(36)34(4)5)20-14-22-24(16-31-27(22)30-15-20)21-9-7-8-10-26(21)37-6/h7-18,32H,1-6H3,(H,30,31)(H,33,35). The third kappa shape index (κ3) is 5.49. The summed E-state index contributed by atoms with van der Waals surface area (Å²) in [5.41, 5.74) is 5.23. The predicted molar refractivity (Wildman–Crippen MR) is 148 cm³/mol. The number of carbonyl (C=O) groups is 2. The first-order chi connectivity index (χ1) is 17.7. The molecule has 0 fully saturated rings. The van der Waals surface area contributed by atoms with Crippen molar-refractivity contribution in [3.8, 4) is 28.0 Å². The fraction of sp³-hybridized carbons (Fsp3) is 0.276. The first-order valence-corrected chi connectivity index (χ1v) is 12.2. The van der Waals surface area contributed by atoms with Gasteiger partial charge in [-0.2, -0.15) is 0 Å². The van der Waals surface area contributed by atoms with Crippen molar-refractivity contribution in [2.24, 2.45) is 0 Å². The Morgan fingerprint density at radius 1 is 1.00 bits per heavy atom. The van der Waals surface area contributed by atoms with E-state index in [9.17, 15) is 9.59 Å². The van der Waals surface area contributed by atoms with Gasteiger partial charge in [-0.25, -0.2) is 4.98 Å². The minimum atomic E-state index is -0.407. The van der Waals surface area contributed by atoms with Crippen molar-refractivity contribution < 1.29 is 14.3 Å². The second kappa shape index (κ2) is 10.8. The lowest BCUT2D eigenvalue weighted by molar-refractivity contribution is -0.117. The summed E-state index contributed by atoms with van der Waals surface area (Å²) in [5.74, 6) is 0.368. The lowest BCUT2D eigenvalue weighted by Crippen LogP contribution is -2.41. The lowest BCUT2D eigenvalue weighted by Gasteiger charge is -2.19. The lowest BCUT2D eigenvalue weighted by atomic mass is 9.99. The maximum atomic E-state index is 13.1. The van der Waals surface area contributed by atoms with Gasteiger partial charge in [0, 0.05) is 54.6 Å². The van der Waals surface area contributed by atoms with Crippen LogP contribution in [0.2, 0.25) is 0 Å². The molecule has 3 N–H and O–H groups in total. The molecule has 37 heavy (non-hydrogen) atoms. The number of anilines is 1. The normalized spacial score (nSPS) is 12.0. The molecule has 4 rings (SSSR count). The van der Waals surface area contributed by atoms with Crippen LogP contribution in [0.25, 0.3) is 33.3 Å². The molecule has 2 amide bonds. The van der Waals surface area contributed by atoms with Crippen molar-refractivity contribution in [1.82, 2.24) is 20.2 Å². The van der Waals surface area contributed by atoms with E-state index in [0.29, 0.717) is 11.3 Å². The van der Waals surface area contributed by atoms with E-state index >= 15 is 0 Å². The van der Waals surface area contributed by atoms with E-state index in [4.69, 9.17) is 4.74 Å². The summed E-state index contributed by atoms with van der Waals surface area (Å²) in [5, 5.41) is 7.04. The summed E-state index contributed by atoms with van der Waals surface area (Å²) >= 11 is 0. The number of fused-ring (bicyclic) bond motifs is 1. The SMILES string of the molecule is COc1ccccc1-c1c[nH]c2ncc(-c3ccc(NC(=O)C(C)NC(C)C)c(C(=O)N(C)C)c3)cc12. The van der Waals surface area contributed by atoms with Gasteiger partial charge >= 0.3 is 0 Å². The fourth-order valence-electron chi connectivity index (χ4n) is 4.32. The Kier molecular flexibility index (Phi) is 7.59. The van der Waals surface area contributed by atoms with Crippen LogP contribution in [0.3, 0.4) is 0 Å². The first-order valence-electron chi connectivity index (χ1n) is 12.2. The van der Waals surface area contributed by atoms with E-state index in [1.807, 2.05) is 56.4 Å². The maximum absolute atomic E-state index is 13.1. The topological polar surface area (TPSA) is 99.3 Å². The largest absolute Gasteiger partial charge is 0.496 e. The van der Waals surface area contributed by atoms with Crippen molar-refractivity contribution >= 4 is 28.5 Å². The highest BCUT2D eigenvalue weighted by molar-refractivity contribution is 6.06. The predicted octanol–water partition coefficient (Wildman–Crippen LogP) is 4.93. The number of benzene rings is 2. The Morgan fingerprint density at radius 2 is 1.76 bits per heavy atom. The zero-order chi connectivity index (χ0) is 26.7. The molecule has 0 saturated heterocycles. The number of nitrogens with one attached hydrogen (secondary N) is 3. The van der Waals surface area contributed by atoms with Crippen LogP contribution in [0, 0.1) is 0 Å². The molecule has 0 aliphatic carbocycles. The van der Waals surface area contributed by atoms with Gasteiger partial charge in [0.15, 0.2) is 0 Å². The molecule has 2 aromatic carbocycles. The fourth-order valence-corrected chi connectivity index (χ4v) is 4.32. The van der Waals surface area contributed by atoms with Crippen molar-refractivity contribution in [1.29, 1.82) is 0 Å². The number of rotatable bonds is 8. The van der Waals surface area contributed by atoms with Crippen LogP contribution in [0.1, 0.15) is 31.1 Å². The van der Waals surface area contributed by atoms with E-state index in [-0.39, 0.29) is 17.9 Å². The Bertz CT molecular complexity index is 1440. The Balaban J connectivity index is 1.75. The highest BCUT2D eigenvalue weighted by atomic mass is 16.5. The molecular weight excluding hydrogens is 466 g/mol.